The van der Waals surface area contributed by atoms with E-state index in [-0.39, 0.29) is 16.8 Å². The van der Waals surface area contributed by atoms with Gasteiger partial charge in [0.1, 0.15) is 12.7 Å². The number of hydrogen-bond donors (Lipinski definition) is 0. The highest BCUT2D eigenvalue weighted by molar-refractivity contribution is 7.89. The second-order valence-electron chi connectivity index (χ2n) is 6.84. The van der Waals surface area contributed by atoms with Gasteiger partial charge in [0.25, 0.3) is 5.91 Å². The minimum absolute atomic E-state index is 0.151. The van der Waals surface area contributed by atoms with E-state index in [0.29, 0.717) is 5.56 Å². The Bertz CT molecular complexity index is 1080. The van der Waals surface area contributed by atoms with Crippen LogP contribution < -0.4 is 0 Å². The van der Waals surface area contributed by atoms with Crippen LogP contribution in [0.4, 0.5) is 0 Å². The van der Waals surface area contributed by atoms with Gasteiger partial charge in [0, 0.05) is 26.7 Å². The van der Waals surface area contributed by atoms with Crippen molar-refractivity contribution in [3.63, 3.8) is 0 Å². The molecule has 0 bridgehead atoms. The Labute approximate surface area is 170 Å². The van der Waals surface area contributed by atoms with Crippen LogP contribution in [0.2, 0.25) is 0 Å². The van der Waals surface area contributed by atoms with Crippen LogP contribution in [0.15, 0.2) is 66.1 Å². The highest BCUT2D eigenvalue weighted by Crippen LogP contribution is 2.23. The van der Waals surface area contributed by atoms with Crippen molar-refractivity contribution in [3.8, 4) is 5.69 Å². The maximum Gasteiger partial charge on any atom is 0.254 e. The second-order valence-corrected chi connectivity index (χ2v) is 8.99. The van der Waals surface area contributed by atoms with Crippen LogP contribution in [-0.4, -0.2) is 59.4 Å². The van der Waals surface area contributed by atoms with Crippen molar-refractivity contribution in [1.29, 1.82) is 0 Å². The van der Waals surface area contributed by atoms with Gasteiger partial charge in [-0.2, -0.15) is 5.10 Å². The topological polar surface area (TPSA) is 88.4 Å². The summed E-state index contributed by atoms with van der Waals surface area (Å²) in [4.78, 5) is 18.6. The van der Waals surface area contributed by atoms with Crippen LogP contribution in [0.5, 0.6) is 0 Å². The van der Waals surface area contributed by atoms with E-state index < -0.39 is 10.0 Å². The normalized spacial score (nSPS) is 12.7. The van der Waals surface area contributed by atoms with E-state index in [1.807, 2.05) is 31.2 Å². The Morgan fingerprint density at radius 1 is 1.00 bits per heavy atom. The van der Waals surface area contributed by atoms with Gasteiger partial charge in [-0.1, -0.05) is 12.1 Å². The van der Waals surface area contributed by atoms with E-state index in [0.717, 1.165) is 15.6 Å². The summed E-state index contributed by atoms with van der Waals surface area (Å²) in [7, 11) is 1.14. The number of benzene rings is 2. The lowest BCUT2D eigenvalue weighted by Gasteiger charge is -2.25. The second kappa shape index (κ2) is 8.14. The average molecular weight is 414 g/mol. The Hall–Kier alpha value is -3.04. The summed E-state index contributed by atoms with van der Waals surface area (Å²) >= 11 is 0. The first-order valence-corrected chi connectivity index (χ1v) is 10.4. The third kappa shape index (κ3) is 4.20. The van der Waals surface area contributed by atoms with Crippen molar-refractivity contribution >= 4 is 15.9 Å². The monoisotopic (exact) mass is 413 g/mol. The van der Waals surface area contributed by atoms with Gasteiger partial charge in [-0.3, -0.25) is 4.79 Å². The summed E-state index contributed by atoms with van der Waals surface area (Å²) in [6, 6.07) is 13.5. The molecule has 0 radical (unpaired) electrons. The molecule has 9 heteroatoms. The van der Waals surface area contributed by atoms with Crippen LogP contribution in [0, 0.1) is 0 Å². The van der Waals surface area contributed by atoms with Gasteiger partial charge < -0.3 is 4.90 Å². The minimum atomic E-state index is -3.52. The molecule has 0 aliphatic rings. The molecule has 1 heterocycles. The first-order valence-electron chi connectivity index (χ1n) is 8.96. The van der Waals surface area contributed by atoms with Crippen molar-refractivity contribution in [1.82, 2.24) is 24.0 Å². The Balaban J connectivity index is 1.75. The SMILES string of the molecule is C[C@H](c1ccc(-n2cncn2)cc1)N(C)C(=O)c1ccc(S(=O)(=O)N(C)C)cc1. The molecular formula is C20H23N5O3S. The molecule has 3 rings (SSSR count). The van der Waals surface area contributed by atoms with Crippen LogP contribution in [-0.2, 0) is 10.0 Å². The van der Waals surface area contributed by atoms with Crippen molar-refractivity contribution < 1.29 is 13.2 Å². The zero-order chi connectivity index (χ0) is 21.2. The Kier molecular flexibility index (Phi) is 5.81. The Morgan fingerprint density at radius 3 is 2.14 bits per heavy atom. The standard InChI is InChI=1S/C20H23N5O3S/c1-15(16-5-9-18(10-6-16)25-14-21-13-22-25)24(4)20(26)17-7-11-19(12-8-17)29(27,28)23(2)3/h5-15H,1-4H3/t15-/m1/s1. The fourth-order valence-corrected chi connectivity index (χ4v) is 3.73. The number of carbonyl (C=O) groups excluding carboxylic acids is 1. The van der Waals surface area contributed by atoms with E-state index in [9.17, 15) is 13.2 Å². The fourth-order valence-electron chi connectivity index (χ4n) is 2.83. The first-order chi connectivity index (χ1) is 13.7. The number of sulfonamides is 1. The minimum Gasteiger partial charge on any atom is -0.335 e. The lowest BCUT2D eigenvalue weighted by Crippen LogP contribution is -2.29. The highest BCUT2D eigenvalue weighted by atomic mass is 32.2. The van der Waals surface area contributed by atoms with E-state index in [2.05, 4.69) is 10.1 Å². The zero-order valence-corrected chi connectivity index (χ0v) is 17.5. The summed E-state index contributed by atoms with van der Waals surface area (Å²) in [6.07, 6.45) is 3.09. The molecule has 0 saturated heterocycles. The molecule has 0 aliphatic heterocycles. The molecule has 1 atom stereocenters. The van der Waals surface area contributed by atoms with E-state index >= 15 is 0 Å². The molecule has 0 fully saturated rings. The van der Waals surface area contributed by atoms with Crippen LogP contribution in [0.3, 0.4) is 0 Å². The first kappa shape index (κ1) is 20.7. The largest absolute Gasteiger partial charge is 0.335 e. The van der Waals surface area contributed by atoms with E-state index in [1.54, 1.807) is 23.0 Å². The van der Waals surface area contributed by atoms with Gasteiger partial charge in [0.05, 0.1) is 16.6 Å². The van der Waals surface area contributed by atoms with Gasteiger partial charge >= 0.3 is 0 Å². The summed E-state index contributed by atoms with van der Waals surface area (Å²) in [6.45, 7) is 1.94. The maximum atomic E-state index is 12.9. The van der Waals surface area contributed by atoms with Crippen molar-refractivity contribution in [2.24, 2.45) is 0 Å². The highest BCUT2D eigenvalue weighted by Gasteiger charge is 2.21. The average Bonchev–Trinajstić information content (AvgIpc) is 3.27. The lowest BCUT2D eigenvalue weighted by atomic mass is 10.1. The molecule has 0 spiro atoms. The van der Waals surface area contributed by atoms with Crippen LogP contribution >= 0.6 is 0 Å². The third-order valence-electron chi connectivity index (χ3n) is 4.84. The van der Waals surface area contributed by atoms with Crippen LogP contribution in [0.1, 0.15) is 28.9 Å². The Morgan fingerprint density at radius 2 is 1.62 bits per heavy atom. The summed E-state index contributed by atoms with van der Waals surface area (Å²) < 4.78 is 27.1. The number of carbonyl (C=O) groups is 1. The van der Waals surface area contributed by atoms with Crippen molar-refractivity contribution in [2.45, 2.75) is 17.9 Å². The van der Waals surface area contributed by atoms with Gasteiger partial charge in [-0.25, -0.2) is 22.4 Å². The molecule has 8 nitrogen and oxygen atoms in total. The number of hydrogen-bond acceptors (Lipinski definition) is 5. The molecule has 0 N–H and O–H groups in total. The van der Waals surface area contributed by atoms with Crippen molar-refractivity contribution in [2.75, 3.05) is 21.1 Å². The molecule has 3 aromatic rings. The summed E-state index contributed by atoms with van der Waals surface area (Å²) in [5.41, 5.74) is 2.28. The maximum absolute atomic E-state index is 12.9. The lowest BCUT2D eigenvalue weighted by molar-refractivity contribution is 0.0742. The molecule has 0 saturated carbocycles. The number of rotatable bonds is 6. The summed E-state index contributed by atoms with van der Waals surface area (Å²) in [5, 5.41) is 4.09. The predicted octanol–water partition coefficient (Wildman–Crippen LogP) is 2.35. The van der Waals surface area contributed by atoms with E-state index in [1.165, 1.54) is 44.7 Å². The molecule has 152 valence electrons. The fraction of sp³-hybridized carbons (Fsp3) is 0.250. The van der Waals surface area contributed by atoms with Gasteiger partial charge in [-0.15, -0.1) is 0 Å². The quantitative estimate of drug-likeness (QED) is 0.619. The van der Waals surface area contributed by atoms with Gasteiger partial charge in [0.15, 0.2) is 0 Å². The van der Waals surface area contributed by atoms with Gasteiger partial charge in [-0.05, 0) is 48.9 Å². The predicted molar refractivity (Wildman–Crippen MR) is 109 cm³/mol. The molecular weight excluding hydrogens is 390 g/mol. The van der Waals surface area contributed by atoms with Crippen LogP contribution in [0.25, 0.3) is 5.69 Å². The molecule has 0 unspecified atom stereocenters. The summed E-state index contributed by atoms with van der Waals surface area (Å²) in [5.74, 6) is -0.188. The molecule has 2 aromatic carbocycles. The number of nitrogens with zero attached hydrogens (tertiary/aromatic N) is 5. The smallest absolute Gasteiger partial charge is 0.254 e. The third-order valence-corrected chi connectivity index (χ3v) is 6.67. The van der Waals surface area contributed by atoms with Gasteiger partial charge in [0.2, 0.25) is 10.0 Å². The molecule has 0 aliphatic carbocycles. The molecule has 29 heavy (non-hydrogen) atoms. The molecule has 1 amide bonds. The number of amides is 1. The van der Waals surface area contributed by atoms with E-state index in [4.69, 9.17) is 0 Å². The molecule has 1 aromatic heterocycles. The number of aromatic nitrogens is 3. The zero-order valence-electron chi connectivity index (χ0n) is 16.7. The van der Waals surface area contributed by atoms with Crippen molar-refractivity contribution in [3.05, 3.63) is 72.3 Å².